The van der Waals surface area contributed by atoms with E-state index in [9.17, 15) is 13.2 Å². The third kappa shape index (κ3) is 1.56. The number of fused-ring (bicyclic) bond motifs is 1. The van der Waals surface area contributed by atoms with E-state index in [1.54, 1.807) is 12.1 Å². The molecule has 0 atom stereocenters. The second-order valence-corrected chi connectivity index (χ2v) is 4.23. The Morgan fingerprint density at radius 1 is 0.889 bits per heavy atom. The van der Waals surface area contributed by atoms with Crippen LogP contribution in [0.15, 0.2) is 30.3 Å². The summed E-state index contributed by atoms with van der Waals surface area (Å²) in [5.74, 6) is -3.71. The van der Waals surface area contributed by atoms with Gasteiger partial charge < -0.3 is 5.32 Å². The van der Waals surface area contributed by atoms with Crippen LogP contribution in [0, 0.1) is 17.5 Å². The molecule has 0 amide bonds. The van der Waals surface area contributed by atoms with Gasteiger partial charge in [0, 0.05) is 17.8 Å². The van der Waals surface area contributed by atoms with Crippen LogP contribution < -0.4 is 5.32 Å². The summed E-state index contributed by atoms with van der Waals surface area (Å²) in [6.07, 6.45) is 0.754. The van der Waals surface area contributed by atoms with Crippen molar-refractivity contribution < 1.29 is 13.2 Å². The van der Waals surface area contributed by atoms with Gasteiger partial charge in [-0.15, -0.1) is 0 Å². The summed E-state index contributed by atoms with van der Waals surface area (Å²) in [6.45, 7) is 0.775. The maximum atomic E-state index is 13.8. The molecule has 1 N–H and O–H groups in total. The van der Waals surface area contributed by atoms with Gasteiger partial charge in [-0.3, -0.25) is 0 Å². The Morgan fingerprint density at radius 2 is 1.72 bits per heavy atom. The Kier molecular flexibility index (Phi) is 2.51. The number of benzene rings is 2. The van der Waals surface area contributed by atoms with Crippen molar-refractivity contribution in [3.8, 4) is 11.1 Å². The van der Waals surface area contributed by atoms with E-state index in [0.29, 0.717) is 5.56 Å². The number of anilines is 1. The molecule has 1 nitrogen and oxygen atoms in total. The summed E-state index contributed by atoms with van der Waals surface area (Å²) in [7, 11) is 0. The van der Waals surface area contributed by atoms with Crippen molar-refractivity contribution in [2.45, 2.75) is 6.42 Å². The lowest BCUT2D eigenvalue weighted by Gasteiger charge is -2.09. The fraction of sp³-hybridized carbons (Fsp3) is 0.143. The van der Waals surface area contributed by atoms with Gasteiger partial charge in [0.25, 0.3) is 0 Å². The van der Waals surface area contributed by atoms with E-state index < -0.39 is 17.5 Å². The Labute approximate surface area is 102 Å². The highest BCUT2D eigenvalue weighted by atomic mass is 19.2. The third-order valence-corrected chi connectivity index (χ3v) is 3.19. The van der Waals surface area contributed by atoms with E-state index >= 15 is 0 Å². The highest BCUT2D eigenvalue weighted by molar-refractivity contribution is 5.76. The largest absolute Gasteiger partial charge is 0.384 e. The topological polar surface area (TPSA) is 12.0 Å². The van der Waals surface area contributed by atoms with Crippen molar-refractivity contribution in [1.82, 2.24) is 0 Å². The summed E-state index contributed by atoms with van der Waals surface area (Å²) in [6, 6.07) is 7.62. The van der Waals surface area contributed by atoms with Gasteiger partial charge in [-0.2, -0.15) is 0 Å². The first-order valence-corrected chi connectivity index (χ1v) is 5.68. The second kappa shape index (κ2) is 4.05. The van der Waals surface area contributed by atoms with Crippen LogP contribution in [0.4, 0.5) is 18.9 Å². The lowest BCUT2D eigenvalue weighted by Crippen LogP contribution is -1.96. The van der Waals surface area contributed by atoms with E-state index in [0.717, 1.165) is 30.3 Å². The molecule has 2 aromatic rings. The quantitative estimate of drug-likeness (QED) is 0.759. The SMILES string of the molecule is Fc1ccc(-c2cccc3c2CCN3)c(F)c1F. The Balaban J connectivity index is 2.23. The molecule has 0 radical (unpaired) electrons. The first kappa shape index (κ1) is 11.1. The summed E-state index contributed by atoms with van der Waals surface area (Å²) < 4.78 is 40.0. The lowest BCUT2D eigenvalue weighted by molar-refractivity contribution is 0.449. The number of hydrogen-bond acceptors (Lipinski definition) is 1. The predicted octanol–water partition coefficient (Wildman–Crippen LogP) is 3.74. The summed E-state index contributed by atoms with van der Waals surface area (Å²) >= 11 is 0. The van der Waals surface area contributed by atoms with Crippen LogP contribution in [0.3, 0.4) is 0 Å². The Bertz CT molecular complexity index is 623. The molecule has 1 heterocycles. The van der Waals surface area contributed by atoms with Crippen LogP contribution in [0.1, 0.15) is 5.56 Å². The molecule has 0 saturated heterocycles. The van der Waals surface area contributed by atoms with Crippen molar-refractivity contribution in [3.05, 3.63) is 53.3 Å². The highest BCUT2D eigenvalue weighted by Gasteiger charge is 2.20. The molecule has 0 saturated carbocycles. The first-order valence-electron chi connectivity index (χ1n) is 5.68. The number of halogens is 3. The number of rotatable bonds is 1. The van der Waals surface area contributed by atoms with Gasteiger partial charge in [0.2, 0.25) is 0 Å². The van der Waals surface area contributed by atoms with Crippen LogP contribution >= 0.6 is 0 Å². The van der Waals surface area contributed by atoms with Crippen molar-refractivity contribution >= 4 is 5.69 Å². The molecule has 0 fully saturated rings. The third-order valence-electron chi connectivity index (χ3n) is 3.19. The van der Waals surface area contributed by atoms with E-state index in [1.165, 1.54) is 6.07 Å². The minimum atomic E-state index is -1.42. The van der Waals surface area contributed by atoms with E-state index in [1.807, 2.05) is 6.07 Å². The van der Waals surface area contributed by atoms with Gasteiger partial charge in [-0.1, -0.05) is 12.1 Å². The molecule has 0 aromatic heterocycles. The average Bonchev–Trinajstić information content (AvgIpc) is 2.84. The zero-order chi connectivity index (χ0) is 12.7. The van der Waals surface area contributed by atoms with Gasteiger partial charge in [-0.05, 0) is 35.7 Å². The first-order chi connectivity index (χ1) is 8.68. The van der Waals surface area contributed by atoms with Crippen LogP contribution in [0.5, 0.6) is 0 Å². The molecule has 0 spiro atoms. The van der Waals surface area contributed by atoms with E-state index in [-0.39, 0.29) is 5.56 Å². The standard InChI is InChI=1S/C14H10F3N/c15-11-5-4-10(13(16)14(11)17)8-2-1-3-12-9(8)6-7-18-12/h1-5,18H,6-7H2. The number of hydrogen-bond donors (Lipinski definition) is 1. The molecule has 0 bridgehead atoms. The van der Waals surface area contributed by atoms with Gasteiger partial charge in [-0.25, -0.2) is 13.2 Å². The van der Waals surface area contributed by atoms with Gasteiger partial charge >= 0.3 is 0 Å². The minimum Gasteiger partial charge on any atom is -0.384 e. The zero-order valence-corrected chi connectivity index (χ0v) is 9.43. The molecule has 1 aliphatic rings. The molecule has 3 rings (SSSR count). The maximum Gasteiger partial charge on any atom is 0.195 e. The predicted molar refractivity (Wildman–Crippen MR) is 63.9 cm³/mol. The van der Waals surface area contributed by atoms with Crippen molar-refractivity contribution in [2.75, 3.05) is 11.9 Å². The average molecular weight is 249 g/mol. The minimum absolute atomic E-state index is 0.106. The molecule has 0 aliphatic carbocycles. The number of nitrogens with one attached hydrogen (secondary N) is 1. The molecule has 18 heavy (non-hydrogen) atoms. The van der Waals surface area contributed by atoms with Crippen molar-refractivity contribution in [3.63, 3.8) is 0 Å². The van der Waals surface area contributed by atoms with Crippen LogP contribution in [0.2, 0.25) is 0 Å². The van der Waals surface area contributed by atoms with Crippen LogP contribution in [-0.2, 0) is 6.42 Å². The summed E-state index contributed by atoms with van der Waals surface area (Å²) in [5, 5.41) is 3.17. The molecule has 2 aromatic carbocycles. The normalized spacial score (nSPS) is 13.3. The summed E-state index contributed by atoms with van der Waals surface area (Å²) in [4.78, 5) is 0. The highest BCUT2D eigenvalue weighted by Crippen LogP contribution is 2.34. The van der Waals surface area contributed by atoms with Crippen molar-refractivity contribution in [1.29, 1.82) is 0 Å². The van der Waals surface area contributed by atoms with Gasteiger partial charge in [0.15, 0.2) is 17.5 Å². The molecule has 92 valence electrons. The van der Waals surface area contributed by atoms with Crippen LogP contribution in [0.25, 0.3) is 11.1 Å². The molecular weight excluding hydrogens is 239 g/mol. The second-order valence-electron chi connectivity index (χ2n) is 4.23. The Hall–Kier alpha value is -1.97. The molecule has 4 heteroatoms. The van der Waals surface area contributed by atoms with Crippen molar-refractivity contribution in [2.24, 2.45) is 0 Å². The smallest absolute Gasteiger partial charge is 0.195 e. The fourth-order valence-electron chi connectivity index (χ4n) is 2.33. The monoisotopic (exact) mass is 249 g/mol. The van der Waals surface area contributed by atoms with E-state index in [4.69, 9.17) is 0 Å². The molecular formula is C14H10F3N. The van der Waals surface area contributed by atoms with Gasteiger partial charge in [0.05, 0.1) is 0 Å². The van der Waals surface area contributed by atoms with Crippen LogP contribution in [-0.4, -0.2) is 6.54 Å². The fourth-order valence-corrected chi connectivity index (χ4v) is 2.33. The zero-order valence-electron chi connectivity index (χ0n) is 9.43. The molecule has 1 aliphatic heterocycles. The summed E-state index contributed by atoms with van der Waals surface area (Å²) in [5.41, 5.74) is 2.60. The maximum absolute atomic E-state index is 13.8. The van der Waals surface area contributed by atoms with Gasteiger partial charge in [0.1, 0.15) is 0 Å². The lowest BCUT2D eigenvalue weighted by atomic mass is 9.97. The Morgan fingerprint density at radius 3 is 2.56 bits per heavy atom. The molecule has 0 unspecified atom stereocenters. The van der Waals surface area contributed by atoms with E-state index in [2.05, 4.69) is 5.32 Å².